The maximum absolute atomic E-state index is 13.7. The van der Waals surface area contributed by atoms with Crippen molar-refractivity contribution in [1.82, 2.24) is 14.8 Å². The van der Waals surface area contributed by atoms with Crippen LogP contribution in [0.5, 0.6) is 0 Å². The first-order valence-electron chi connectivity index (χ1n) is 8.39. The molecule has 8 heteroatoms. The lowest BCUT2D eigenvalue weighted by molar-refractivity contribution is 0.544. The van der Waals surface area contributed by atoms with Gasteiger partial charge in [0, 0.05) is 6.42 Å². The van der Waals surface area contributed by atoms with E-state index < -0.39 is 9.84 Å². The summed E-state index contributed by atoms with van der Waals surface area (Å²) in [6, 6.07) is 9.68. The van der Waals surface area contributed by atoms with Crippen molar-refractivity contribution < 1.29 is 17.2 Å². The van der Waals surface area contributed by atoms with Gasteiger partial charge in [-0.3, -0.25) is 0 Å². The van der Waals surface area contributed by atoms with Crippen LogP contribution in [0.4, 0.5) is 4.39 Å². The summed E-state index contributed by atoms with van der Waals surface area (Å²) >= 11 is 0. The van der Waals surface area contributed by atoms with Gasteiger partial charge in [0.1, 0.15) is 17.4 Å². The topological polar surface area (TPSA) is 78.0 Å². The number of nitrogens with zero attached hydrogens (tertiary/aromatic N) is 3. The van der Waals surface area contributed by atoms with E-state index in [0.29, 0.717) is 35.9 Å². The number of rotatable bonds is 4. The third kappa shape index (κ3) is 3.41. The zero-order valence-corrected chi connectivity index (χ0v) is 15.0. The minimum Gasteiger partial charge on any atom is -0.458 e. The van der Waals surface area contributed by atoms with Crippen molar-refractivity contribution in [3.05, 3.63) is 53.8 Å². The standard InChI is InChI=1S/C18H18FN3O3S/c1-12-5-6-16(25-12)18-20-17(9-13-7-8-26(23,24)11-13)22(21-18)15-4-2-3-14(19)10-15/h2-6,10,13H,7-9,11H2,1H3/t13-/m1/s1. The first kappa shape index (κ1) is 17.0. The molecule has 1 aromatic carbocycles. The summed E-state index contributed by atoms with van der Waals surface area (Å²) in [4.78, 5) is 4.55. The van der Waals surface area contributed by atoms with E-state index >= 15 is 0 Å². The molecule has 6 nitrogen and oxygen atoms in total. The Morgan fingerprint density at radius 1 is 1.31 bits per heavy atom. The quantitative estimate of drug-likeness (QED) is 0.701. The van der Waals surface area contributed by atoms with E-state index in [1.807, 2.05) is 13.0 Å². The van der Waals surface area contributed by atoms with Crippen molar-refractivity contribution in [2.24, 2.45) is 5.92 Å². The van der Waals surface area contributed by atoms with E-state index in [4.69, 9.17) is 4.42 Å². The smallest absolute Gasteiger partial charge is 0.217 e. The number of sulfone groups is 1. The SMILES string of the molecule is Cc1ccc(-c2nc(C[C@H]3CCS(=O)(=O)C3)n(-c3cccc(F)c3)n2)o1. The number of furan rings is 1. The minimum atomic E-state index is -2.98. The third-order valence-electron chi connectivity index (χ3n) is 4.49. The Bertz CT molecular complexity index is 1060. The Labute approximate surface area is 150 Å². The molecule has 0 radical (unpaired) electrons. The molecule has 1 aliphatic rings. The largest absolute Gasteiger partial charge is 0.458 e. The number of hydrogen-bond donors (Lipinski definition) is 0. The Morgan fingerprint density at radius 2 is 2.15 bits per heavy atom. The maximum Gasteiger partial charge on any atom is 0.217 e. The molecule has 0 aliphatic carbocycles. The molecule has 0 saturated carbocycles. The predicted molar refractivity (Wildman–Crippen MR) is 94.2 cm³/mol. The summed E-state index contributed by atoms with van der Waals surface area (Å²) in [5.41, 5.74) is 0.544. The number of halogens is 1. The molecule has 0 amide bonds. The van der Waals surface area contributed by atoms with E-state index in [2.05, 4.69) is 10.1 Å². The van der Waals surface area contributed by atoms with Crippen molar-refractivity contribution in [3.63, 3.8) is 0 Å². The van der Waals surface area contributed by atoms with Crippen LogP contribution in [0.2, 0.25) is 0 Å². The fraction of sp³-hybridized carbons (Fsp3) is 0.333. The van der Waals surface area contributed by atoms with Crippen molar-refractivity contribution in [1.29, 1.82) is 0 Å². The summed E-state index contributed by atoms with van der Waals surface area (Å²) in [6.07, 6.45) is 1.07. The Balaban J connectivity index is 1.74. The van der Waals surface area contributed by atoms with Crippen LogP contribution in [0.25, 0.3) is 17.3 Å². The molecule has 3 aromatic rings. The highest BCUT2D eigenvalue weighted by molar-refractivity contribution is 7.91. The highest BCUT2D eigenvalue weighted by atomic mass is 32.2. The summed E-state index contributed by atoms with van der Waals surface area (Å²) in [5, 5.41) is 4.48. The first-order valence-corrected chi connectivity index (χ1v) is 10.2. The normalized spacial score (nSPS) is 19.1. The monoisotopic (exact) mass is 375 g/mol. The second-order valence-electron chi connectivity index (χ2n) is 6.63. The second-order valence-corrected chi connectivity index (χ2v) is 8.86. The lowest BCUT2D eigenvalue weighted by atomic mass is 10.1. The van der Waals surface area contributed by atoms with Gasteiger partial charge in [0.15, 0.2) is 15.6 Å². The molecule has 4 rings (SSSR count). The number of aryl methyl sites for hydroxylation is 1. The number of hydrogen-bond acceptors (Lipinski definition) is 5. The zero-order valence-electron chi connectivity index (χ0n) is 14.2. The van der Waals surface area contributed by atoms with Crippen molar-refractivity contribution in [2.75, 3.05) is 11.5 Å². The zero-order chi connectivity index (χ0) is 18.3. The summed E-state index contributed by atoms with van der Waals surface area (Å²) in [5.74, 6) is 2.24. The van der Waals surface area contributed by atoms with Gasteiger partial charge in [0.05, 0.1) is 17.2 Å². The molecule has 1 saturated heterocycles. The van der Waals surface area contributed by atoms with Crippen LogP contribution >= 0.6 is 0 Å². The lowest BCUT2D eigenvalue weighted by Gasteiger charge is -2.09. The van der Waals surface area contributed by atoms with Gasteiger partial charge in [-0.05, 0) is 49.6 Å². The van der Waals surface area contributed by atoms with E-state index in [0.717, 1.165) is 5.76 Å². The van der Waals surface area contributed by atoms with Crippen molar-refractivity contribution in [3.8, 4) is 17.3 Å². The molecular weight excluding hydrogens is 357 g/mol. The molecule has 0 spiro atoms. The van der Waals surface area contributed by atoms with Crippen molar-refractivity contribution >= 4 is 9.84 Å². The predicted octanol–water partition coefficient (Wildman–Crippen LogP) is 2.95. The van der Waals surface area contributed by atoms with E-state index in [1.165, 1.54) is 12.1 Å². The summed E-state index contributed by atoms with van der Waals surface area (Å²) in [6.45, 7) is 1.83. The maximum atomic E-state index is 13.7. The molecule has 0 bridgehead atoms. The minimum absolute atomic E-state index is 0.0114. The second kappa shape index (κ2) is 6.35. The average molecular weight is 375 g/mol. The van der Waals surface area contributed by atoms with Crippen LogP contribution in [0.3, 0.4) is 0 Å². The summed E-state index contributed by atoms with van der Waals surface area (Å²) in [7, 11) is -2.98. The Morgan fingerprint density at radius 3 is 2.81 bits per heavy atom. The van der Waals surface area contributed by atoms with Crippen LogP contribution in [-0.4, -0.2) is 34.7 Å². The Kier molecular flexibility index (Phi) is 4.14. The van der Waals surface area contributed by atoms with Gasteiger partial charge in [0.25, 0.3) is 0 Å². The molecule has 26 heavy (non-hydrogen) atoms. The van der Waals surface area contributed by atoms with Gasteiger partial charge < -0.3 is 4.42 Å². The van der Waals surface area contributed by atoms with Crippen LogP contribution in [0.1, 0.15) is 18.0 Å². The fourth-order valence-electron chi connectivity index (χ4n) is 3.24. The number of benzene rings is 1. The van der Waals surface area contributed by atoms with Crippen LogP contribution in [-0.2, 0) is 16.3 Å². The van der Waals surface area contributed by atoms with Gasteiger partial charge >= 0.3 is 0 Å². The number of aromatic nitrogens is 3. The lowest BCUT2D eigenvalue weighted by Crippen LogP contribution is -2.12. The molecule has 3 heterocycles. The molecule has 0 N–H and O–H groups in total. The first-order chi connectivity index (χ1) is 12.4. The molecule has 136 valence electrons. The van der Waals surface area contributed by atoms with E-state index in [9.17, 15) is 12.8 Å². The molecule has 1 atom stereocenters. The van der Waals surface area contributed by atoms with Gasteiger partial charge in [0.2, 0.25) is 5.82 Å². The third-order valence-corrected chi connectivity index (χ3v) is 6.32. The molecule has 2 aromatic heterocycles. The van der Waals surface area contributed by atoms with Crippen LogP contribution in [0, 0.1) is 18.7 Å². The highest BCUT2D eigenvalue weighted by Crippen LogP contribution is 2.26. The highest BCUT2D eigenvalue weighted by Gasteiger charge is 2.30. The summed E-state index contributed by atoms with van der Waals surface area (Å²) < 4.78 is 44.3. The van der Waals surface area contributed by atoms with E-state index in [1.54, 1.807) is 22.9 Å². The van der Waals surface area contributed by atoms with E-state index in [-0.39, 0.29) is 23.2 Å². The Hall–Kier alpha value is -2.48. The van der Waals surface area contributed by atoms with Crippen molar-refractivity contribution in [2.45, 2.75) is 19.8 Å². The van der Waals surface area contributed by atoms with Gasteiger partial charge in [-0.2, -0.15) is 0 Å². The van der Waals surface area contributed by atoms with Gasteiger partial charge in [-0.15, -0.1) is 5.10 Å². The average Bonchev–Trinajstić information content (AvgIpc) is 3.27. The fourth-order valence-corrected chi connectivity index (χ4v) is 5.10. The molecule has 1 aliphatic heterocycles. The molecule has 1 fully saturated rings. The van der Waals surface area contributed by atoms with Gasteiger partial charge in [-0.25, -0.2) is 22.5 Å². The van der Waals surface area contributed by atoms with Crippen LogP contribution in [0.15, 0.2) is 40.8 Å². The molecule has 0 unspecified atom stereocenters. The van der Waals surface area contributed by atoms with Crippen LogP contribution < -0.4 is 0 Å². The van der Waals surface area contributed by atoms with Gasteiger partial charge in [-0.1, -0.05) is 6.07 Å². The molecular formula is C18H18FN3O3S.